The minimum Gasteiger partial charge on any atom is -0.394 e. The van der Waals surface area contributed by atoms with E-state index in [-0.39, 0.29) is 50.2 Å². The Morgan fingerprint density at radius 1 is 0.527 bits per heavy atom. The topological polar surface area (TPSA) is 368 Å². The summed E-state index contributed by atoms with van der Waals surface area (Å²) < 4.78 is 0. The number of hydrogen-bond donors (Lipinski definition) is 15. The molecular weight excluding hydrogens is 951 g/mol. The number of amides is 7. The van der Waals surface area contributed by atoms with E-state index in [4.69, 9.17) is 22.3 Å². The summed E-state index contributed by atoms with van der Waals surface area (Å²) in [6, 6.07) is 0.594. The Morgan fingerprint density at radius 3 is 1.51 bits per heavy atom. The molecule has 420 valence electrons. The predicted molar refractivity (Wildman–Crippen MR) is 287 cm³/mol. The molecule has 74 heavy (non-hydrogen) atoms. The number of nitrogens with two attached hydrogens (primary N) is 2. The summed E-state index contributed by atoms with van der Waals surface area (Å²) in [5, 5.41) is 59.1. The molecule has 8 atom stereocenters. The van der Waals surface area contributed by atoms with Crippen molar-refractivity contribution in [2.75, 3.05) is 19.7 Å². The molecule has 0 unspecified atom stereocenters. The first-order valence-electron chi connectivity index (χ1n) is 26.8. The normalized spacial score (nSPS) is 14.3. The Kier molecular flexibility index (Phi) is 34.4. The molecule has 1 aromatic carbocycles. The maximum Gasteiger partial charge on any atom is 0.245 e. The Labute approximate surface area is 439 Å². The molecule has 0 bridgehead atoms. The SMILES string of the molecule is CCCCCCCCCCCCCCCC(=O)N[C@H](C(=O)N[C@H](C(=O)N[C@@H](Cc1ccccc1)C(=O)N[C@@H](CCCNC(=N)N)C(=O)N[C@@H](C)C(=O)N[C@@H](CO)C(=O)N[C@H](C)CCCNC(=N)N)C(C)C)[C@@H](C)O. The molecule has 0 spiro atoms. The zero-order valence-corrected chi connectivity index (χ0v) is 45.0. The standard InChI is InChI=1S/C52H93N13O9/c1-7-8-9-10-11-12-13-14-15-16-17-18-22-29-42(68)64-44(37(6)67)50(74)65-43(34(2)3)49(73)62-40(32-38-26-20-19-21-27-38)47(71)61-39(28-24-31-58-52(55)56)46(70)60-36(5)45(69)63-41(33-66)48(72)59-35(4)25-23-30-57-51(53)54/h19-21,26-27,34-37,39-41,43-44,66-67H,7-18,22-25,28-33H2,1-6H3,(H,59,72)(H,60,70)(H,61,71)(H,62,73)(H,63,69)(H,64,68)(H,65,74)(H4,53,54,57)(H4,55,56,58)/t35-,36+,37-,39+,40+,41+,43+,44+/m1/s1. The predicted octanol–water partition coefficient (Wildman–Crippen LogP) is 1.70. The van der Waals surface area contributed by atoms with Crippen molar-refractivity contribution in [2.24, 2.45) is 17.4 Å². The summed E-state index contributed by atoms with van der Waals surface area (Å²) in [6.45, 7) is 9.86. The van der Waals surface area contributed by atoms with Gasteiger partial charge in [-0.25, -0.2) is 0 Å². The molecule has 22 heteroatoms. The number of aliphatic hydroxyl groups is 2. The molecule has 22 nitrogen and oxygen atoms in total. The van der Waals surface area contributed by atoms with Crippen LogP contribution in [0.25, 0.3) is 0 Å². The Morgan fingerprint density at radius 2 is 1.00 bits per heavy atom. The lowest BCUT2D eigenvalue weighted by Crippen LogP contribution is -2.61. The molecular formula is C52H93N13O9. The summed E-state index contributed by atoms with van der Waals surface area (Å²) in [6.07, 6.45) is 15.1. The second kappa shape index (κ2) is 38.5. The monoisotopic (exact) mass is 1040 g/mol. The van der Waals surface area contributed by atoms with E-state index < -0.39 is 96.2 Å². The van der Waals surface area contributed by atoms with Crippen molar-refractivity contribution in [3.05, 3.63) is 35.9 Å². The summed E-state index contributed by atoms with van der Waals surface area (Å²) in [5.74, 6) is -6.00. The quantitative estimate of drug-likeness (QED) is 0.0253. The molecule has 17 N–H and O–H groups in total. The molecule has 1 rings (SSSR count). The maximum atomic E-state index is 14.3. The van der Waals surface area contributed by atoms with Gasteiger partial charge in [0, 0.05) is 32.0 Å². The van der Waals surface area contributed by atoms with Gasteiger partial charge >= 0.3 is 0 Å². The van der Waals surface area contributed by atoms with E-state index in [9.17, 15) is 43.8 Å². The average Bonchev–Trinajstić information content (AvgIpc) is 3.34. The molecule has 0 radical (unpaired) electrons. The maximum absolute atomic E-state index is 14.3. The molecule has 0 aromatic heterocycles. The van der Waals surface area contributed by atoms with Crippen molar-refractivity contribution in [1.82, 2.24) is 47.9 Å². The van der Waals surface area contributed by atoms with E-state index in [0.717, 1.165) is 25.7 Å². The highest BCUT2D eigenvalue weighted by molar-refractivity contribution is 5.97. The Balaban J connectivity index is 3.09. The number of benzene rings is 1. The van der Waals surface area contributed by atoms with Gasteiger partial charge in [-0.15, -0.1) is 0 Å². The van der Waals surface area contributed by atoms with Crippen LogP contribution in [0, 0.1) is 16.7 Å². The molecule has 0 saturated carbocycles. The minimum atomic E-state index is -1.36. The number of carbonyl (C=O) groups excluding carboxylic acids is 7. The van der Waals surface area contributed by atoms with Crippen LogP contribution in [0.15, 0.2) is 30.3 Å². The number of guanidine groups is 2. The van der Waals surface area contributed by atoms with Gasteiger partial charge in [0.25, 0.3) is 0 Å². The van der Waals surface area contributed by atoms with Gasteiger partial charge in [-0.2, -0.15) is 0 Å². The van der Waals surface area contributed by atoms with E-state index in [2.05, 4.69) is 54.8 Å². The summed E-state index contributed by atoms with van der Waals surface area (Å²) in [4.78, 5) is 95.2. The number of unbranched alkanes of at least 4 members (excludes halogenated alkanes) is 12. The highest BCUT2D eigenvalue weighted by atomic mass is 16.3. The average molecular weight is 1040 g/mol. The van der Waals surface area contributed by atoms with E-state index in [1.807, 2.05) is 0 Å². The van der Waals surface area contributed by atoms with Crippen LogP contribution in [0.4, 0.5) is 0 Å². The largest absolute Gasteiger partial charge is 0.394 e. The van der Waals surface area contributed by atoms with Crippen LogP contribution in [-0.2, 0) is 40.0 Å². The van der Waals surface area contributed by atoms with Crippen LogP contribution in [0.2, 0.25) is 0 Å². The van der Waals surface area contributed by atoms with Gasteiger partial charge in [-0.05, 0) is 64.4 Å². The number of rotatable bonds is 40. The third-order valence-electron chi connectivity index (χ3n) is 12.5. The molecule has 0 aliphatic carbocycles. The summed E-state index contributed by atoms with van der Waals surface area (Å²) in [7, 11) is 0. The highest BCUT2D eigenvalue weighted by Crippen LogP contribution is 2.14. The van der Waals surface area contributed by atoms with Gasteiger partial charge < -0.3 is 69.5 Å². The fourth-order valence-corrected chi connectivity index (χ4v) is 8.04. The highest BCUT2D eigenvalue weighted by Gasteiger charge is 2.35. The zero-order valence-electron chi connectivity index (χ0n) is 45.0. The molecule has 7 amide bonds. The van der Waals surface area contributed by atoms with E-state index in [1.54, 1.807) is 51.1 Å². The fourth-order valence-electron chi connectivity index (χ4n) is 8.04. The lowest BCUT2D eigenvalue weighted by atomic mass is 9.99. The van der Waals surface area contributed by atoms with Crippen molar-refractivity contribution in [2.45, 2.75) is 212 Å². The van der Waals surface area contributed by atoms with Crippen molar-refractivity contribution >= 4 is 53.3 Å². The third-order valence-corrected chi connectivity index (χ3v) is 12.5. The van der Waals surface area contributed by atoms with Crippen molar-refractivity contribution in [3.8, 4) is 0 Å². The lowest BCUT2D eigenvalue weighted by Gasteiger charge is -2.29. The smallest absolute Gasteiger partial charge is 0.245 e. The molecule has 0 fully saturated rings. The van der Waals surface area contributed by atoms with E-state index >= 15 is 0 Å². The molecule has 0 saturated heterocycles. The number of aliphatic hydroxyl groups excluding tert-OH is 2. The van der Waals surface area contributed by atoms with Gasteiger partial charge in [-0.3, -0.25) is 44.4 Å². The van der Waals surface area contributed by atoms with E-state index in [1.165, 1.54) is 65.2 Å². The number of nitrogens with one attached hydrogen (secondary N) is 11. The van der Waals surface area contributed by atoms with Crippen LogP contribution < -0.4 is 59.3 Å². The zero-order chi connectivity index (χ0) is 55.4. The van der Waals surface area contributed by atoms with Crippen LogP contribution in [0.1, 0.15) is 163 Å². The third kappa shape index (κ3) is 29.6. The Hall–Kier alpha value is -6.03. The summed E-state index contributed by atoms with van der Waals surface area (Å²) >= 11 is 0. The van der Waals surface area contributed by atoms with Crippen LogP contribution in [0.5, 0.6) is 0 Å². The Bertz CT molecular complexity index is 1860. The van der Waals surface area contributed by atoms with Crippen LogP contribution >= 0.6 is 0 Å². The number of carbonyl (C=O) groups is 7. The van der Waals surface area contributed by atoms with Gasteiger partial charge in [0.2, 0.25) is 41.4 Å². The molecule has 0 aliphatic heterocycles. The first kappa shape index (κ1) is 66.0. The molecule has 0 heterocycles. The van der Waals surface area contributed by atoms with Crippen LogP contribution in [0.3, 0.4) is 0 Å². The van der Waals surface area contributed by atoms with Crippen LogP contribution in [-0.4, -0.2) is 132 Å². The van der Waals surface area contributed by atoms with Crippen molar-refractivity contribution < 1.29 is 43.8 Å². The number of hydrogen-bond acceptors (Lipinski definition) is 11. The van der Waals surface area contributed by atoms with Gasteiger partial charge in [-0.1, -0.05) is 128 Å². The summed E-state index contributed by atoms with van der Waals surface area (Å²) in [5.41, 5.74) is 11.4. The molecule has 1 aromatic rings. The van der Waals surface area contributed by atoms with Gasteiger partial charge in [0.15, 0.2) is 11.9 Å². The second-order valence-corrected chi connectivity index (χ2v) is 19.7. The van der Waals surface area contributed by atoms with Gasteiger partial charge in [0.05, 0.1) is 12.7 Å². The van der Waals surface area contributed by atoms with E-state index in [0.29, 0.717) is 31.4 Å². The van der Waals surface area contributed by atoms with Crippen molar-refractivity contribution in [1.29, 1.82) is 10.8 Å². The second-order valence-electron chi connectivity index (χ2n) is 19.7. The minimum absolute atomic E-state index is 0.0177. The van der Waals surface area contributed by atoms with Gasteiger partial charge in [0.1, 0.15) is 36.3 Å². The van der Waals surface area contributed by atoms with Crippen molar-refractivity contribution in [3.63, 3.8) is 0 Å². The fraction of sp³-hybridized carbons (Fsp3) is 0.712. The lowest BCUT2D eigenvalue weighted by molar-refractivity contribution is -0.136. The first-order chi connectivity index (χ1) is 35.2. The first-order valence-corrected chi connectivity index (χ1v) is 26.8. The molecule has 0 aliphatic rings.